The molecule has 1 saturated heterocycles. The van der Waals surface area contributed by atoms with Gasteiger partial charge in [-0.15, -0.1) is 6.58 Å². The van der Waals surface area contributed by atoms with E-state index >= 15 is 0 Å². The van der Waals surface area contributed by atoms with Gasteiger partial charge in [-0.05, 0) is 68.3 Å². The van der Waals surface area contributed by atoms with Crippen molar-refractivity contribution in [2.45, 2.75) is 44.6 Å². The third kappa shape index (κ3) is 6.43. The molecular weight excluding hydrogens is 416 g/mol. The lowest BCUT2D eigenvalue weighted by Crippen LogP contribution is -2.48. The number of ether oxygens (including phenoxy) is 1. The van der Waals surface area contributed by atoms with E-state index in [2.05, 4.69) is 32.7 Å². The summed E-state index contributed by atoms with van der Waals surface area (Å²) in [5.41, 5.74) is 0.741. The molecule has 5 heteroatoms. The molecule has 1 aromatic carbocycles. The molecule has 0 radical (unpaired) electrons. The summed E-state index contributed by atoms with van der Waals surface area (Å²) in [7, 11) is 0. The fourth-order valence-corrected chi connectivity index (χ4v) is 4.84. The molecule has 0 spiro atoms. The first-order chi connectivity index (χ1) is 13.7. The Morgan fingerprint density at radius 3 is 2.79 bits per heavy atom. The third-order valence-electron chi connectivity index (χ3n) is 6.02. The number of rotatable bonds is 8. The Labute approximate surface area is 177 Å². The van der Waals surface area contributed by atoms with Crippen LogP contribution < -0.4 is 5.32 Å². The molecular formula is C23H33BrN2O2. The lowest BCUT2D eigenvalue weighted by atomic mass is 9.83. The molecule has 4 nitrogen and oxygen atoms in total. The zero-order chi connectivity index (χ0) is 19.8. The summed E-state index contributed by atoms with van der Waals surface area (Å²) in [5, 5.41) is 3.33. The van der Waals surface area contributed by atoms with Crippen LogP contribution in [0.2, 0.25) is 0 Å². The third-order valence-corrected chi connectivity index (χ3v) is 6.55. The predicted molar refractivity (Wildman–Crippen MR) is 118 cm³/mol. The van der Waals surface area contributed by atoms with Crippen LogP contribution in [0.25, 0.3) is 0 Å². The van der Waals surface area contributed by atoms with E-state index < -0.39 is 0 Å². The fourth-order valence-electron chi connectivity index (χ4n) is 4.57. The first-order valence-electron chi connectivity index (χ1n) is 10.6. The monoisotopic (exact) mass is 448 g/mol. The van der Waals surface area contributed by atoms with Gasteiger partial charge in [0, 0.05) is 29.2 Å². The Bertz CT molecular complexity index is 634. The summed E-state index contributed by atoms with van der Waals surface area (Å²) in [5.74, 6) is 1.22. The van der Waals surface area contributed by atoms with Crippen molar-refractivity contribution in [3.63, 3.8) is 0 Å². The number of nitrogens with one attached hydrogen (secondary N) is 1. The minimum absolute atomic E-state index is 0.0544. The van der Waals surface area contributed by atoms with Crippen LogP contribution in [0.3, 0.4) is 0 Å². The summed E-state index contributed by atoms with van der Waals surface area (Å²) >= 11 is 3.43. The summed E-state index contributed by atoms with van der Waals surface area (Å²) in [4.78, 5) is 15.3. The largest absolute Gasteiger partial charge is 0.377 e. The molecule has 1 aliphatic heterocycles. The van der Waals surface area contributed by atoms with Crippen molar-refractivity contribution in [1.29, 1.82) is 0 Å². The van der Waals surface area contributed by atoms with E-state index in [9.17, 15) is 4.79 Å². The number of carbonyl (C=O) groups excluding carboxylic acids is 1. The Kier molecular flexibility index (Phi) is 8.56. The van der Waals surface area contributed by atoms with E-state index in [1.165, 1.54) is 38.6 Å². The molecule has 1 heterocycles. The molecule has 1 aliphatic carbocycles. The molecule has 1 unspecified atom stereocenters. The molecule has 2 aliphatic rings. The van der Waals surface area contributed by atoms with Crippen LogP contribution in [0.4, 0.5) is 0 Å². The Hall–Kier alpha value is -1.17. The van der Waals surface area contributed by atoms with Gasteiger partial charge in [-0.3, -0.25) is 4.79 Å². The number of carbonyl (C=O) groups is 1. The van der Waals surface area contributed by atoms with Gasteiger partial charge in [-0.2, -0.15) is 0 Å². The Balaban J connectivity index is 1.53. The Morgan fingerprint density at radius 1 is 1.21 bits per heavy atom. The second-order valence-electron chi connectivity index (χ2n) is 8.23. The summed E-state index contributed by atoms with van der Waals surface area (Å²) in [6, 6.07) is 7.90. The molecule has 1 amide bonds. The summed E-state index contributed by atoms with van der Waals surface area (Å²) in [6.07, 6.45) is 9.09. The van der Waals surface area contributed by atoms with E-state index in [1.807, 2.05) is 30.3 Å². The first-order valence-corrected chi connectivity index (χ1v) is 11.4. The number of amides is 1. The number of hydrogen-bond acceptors (Lipinski definition) is 3. The molecule has 2 fully saturated rings. The highest BCUT2D eigenvalue weighted by atomic mass is 79.9. The van der Waals surface area contributed by atoms with Crippen molar-refractivity contribution in [2.24, 2.45) is 11.8 Å². The van der Waals surface area contributed by atoms with Gasteiger partial charge in [0.15, 0.2) is 0 Å². The molecule has 1 N–H and O–H groups in total. The van der Waals surface area contributed by atoms with Crippen molar-refractivity contribution in [3.05, 3.63) is 47.0 Å². The van der Waals surface area contributed by atoms with Crippen molar-refractivity contribution < 1.29 is 9.53 Å². The van der Waals surface area contributed by atoms with Gasteiger partial charge in [-0.25, -0.2) is 0 Å². The van der Waals surface area contributed by atoms with Crippen LogP contribution in [0.5, 0.6) is 0 Å². The van der Waals surface area contributed by atoms with E-state index in [0.717, 1.165) is 36.2 Å². The highest BCUT2D eigenvalue weighted by molar-refractivity contribution is 9.10. The lowest BCUT2D eigenvalue weighted by molar-refractivity contribution is 0.0599. The molecule has 154 valence electrons. The maximum Gasteiger partial charge on any atom is 0.251 e. The van der Waals surface area contributed by atoms with E-state index in [-0.39, 0.29) is 11.9 Å². The molecule has 0 aromatic heterocycles. The second-order valence-corrected chi connectivity index (χ2v) is 9.14. The van der Waals surface area contributed by atoms with E-state index in [0.29, 0.717) is 18.4 Å². The van der Waals surface area contributed by atoms with E-state index in [1.54, 1.807) is 0 Å². The average molecular weight is 449 g/mol. The van der Waals surface area contributed by atoms with Gasteiger partial charge in [0.2, 0.25) is 0 Å². The highest BCUT2D eigenvalue weighted by Crippen LogP contribution is 2.27. The van der Waals surface area contributed by atoms with Crippen LogP contribution >= 0.6 is 15.9 Å². The van der Waals surface area contributed by atoms with Crippen molar-refractivity contribution in [1.82, 2.24) is 10.2 Å². The van der Waals surface area contributed by atoms with Gasteiger partial charge < -0.3 is 15.0 Å². The highest BCUT2D eigenvalue weighted by Gasteiger charge is 2.30. The summed E-state index contributed by atoms with van der Waals surface area (Å²) < 4.78 is 6.68. The number of likely N-dealkylation sites (tertiary alicyclic amines) is 1. The van der Waals surface area contributed by atoms with Gasteiger partial charge in [-0.1, -0.05) is 34.8 Å². The molecule has 3 atom stereocenters. The van der Waals surface area contributed by atoms with Gasteiger partial charge in [0.25, 0.3) is 5.91 Å². The Morgan fingerprint density at radius 2 is 2.00 bits per heavy atom. The van der Waals surface area contributed by atoms with Gasteiger partial charge in [0.05, 0.1) is 13.2 Å². The average Bonchev–Trinajstić information content (AvgIpc) is 2.70. The minimum atomic E-state index is 0.0544. The normalized spacial score (nSPS) is 26.0. The topological polar surface area (TPSA) is 41.6 Å². The number of hydrogen-bond donors (Lipinski definition) is 1. The molecule has 28 heavy (non-hydrogen) atoms. The smallest absolute Gasteiger partial charge is 0.251 e. The fraction of sp³-hybridized carbons (Fsp3) is 0.609. The zero-order valence-corrected chi connectivity index (χ0v) is 18.3. The lowest BCUT2D eigenvalue weighted by Gasteiger charge is -2.39. The zero-order valence-electron chi connectivity index (χ0n) is 16.7. The number of piperidine rings is 1. The standard InChI is InChI=1S/C23H33BrN2O2/c1-2-14-28-17-18-6-5-13-26(15-18)16-20-7-3-4-8-22(20)25-23(27)19-9-11-21(24)12-10-19/h2,9-12,18,20,22H,1,3-8,13-17H2,(H,25,27)/t18?,20-,22+/m0/s1. The number of benzene rings is 1. The number of nitrogens with zero attached hydrogens (tertiary/aromatic N) is 1. The quantitative estimate of drug-likeness (QED) is 0.464. The van der Waals surface area contributed by atoms with Gasteiger partial charge >= 0.3 is 0 Å². The minimum Gasteiger partial charge on any atom is -0.377 e. The van der Waals surface area contributed by atoms with Crippen LogP contribution in [-0.4, -0.2) is 49.7 Å². The van der Waals surface area contributed by atoms with Crippen LogP contribution in [0, 0.1) is 11.8 Å². The van der Waals surface area contributed by atoms with Gasteiger partial charge in [0.1, 0.15) is 0 Å². The van der Waals surface area contributed by atoms with Crippen molar-refractivity contribution in [3.8, 4) is 0 Å². The van der Waals surface area contributed by atoms with Crippen LogP contribution in [0.15, 0.2) is 41.4 Å². The van der Waals surface area contributed by atoms with Crippen LogP contribution in [-0.2, 0) is 4.74 Å². The summed E-state index contributed by atoms with van der Waals surface area (Å²) in [6.45, 7) is 8.56. The number of halogens is 1. The second kappa shape index (κ2) is 11.1. The van der Waals surface area contributed by atoms with Crippen molar-refractivity contribution >= 4 is 21.8 Å². The SMILES string of the molecule is C=CCOCC1CCCN(C[C@@H]2CCCC[C@H]2NC(=O)c2ccc(Br)cc2)C1. The van der Waals surface area contributed by atoms with E-state index in [4.69, 9.17) is 4.74 Å². The predicted octanol–water partition coefficient (Wildman–Crippen LogP) is 4.65. The van der Waals surface area contributed by atoms with Crippen LogP contribution in [0.1, 0.15) is 48.9 Å². The maximum atomic E-state index is 12.7. The maximum absolute atomic E-state index is 12.7. The molecule has 0 bridgehead atoms. The first kappa shape index (κ1) is 21.5. The van der Waals surface area contributed by atoms with Crippen molar-refractivity contribution in [2.75, 3.05) is 32.8 Å². The molecule has 3 rings (SSSR count). The molecule has 1 saturated carbocycles. The molecule has 1 aromatic rings.